The molecule has 0 aliphatic heterocycles. The van der Waals surface area contributed by atoms with Gasteiger partial charge in [0, 0.05) is 6.54 Å². The smallest absolute Gasteiger partial charge is 0.307 e. The second-order valence-electron chi connectivity index (χ2n) is 3.28. The van der Waals surface area contributed by atoms with Gasteiger partial charge in [-0.05, 0) is 12.8 Å². The second kappa shape index (κ2) is 4.09. The number of ether oxygens (including phenoxy) is 1. The van der Waals surface area contributed by atoms with Crippen LogP contribution in [0.2, 0.25) is 0 Å². The van der Waals surface area contributed by atoms with Crippen molar-refractivity contribution in [2.45, 2.75) is 19.3 Å². The summed E-state index contributed by atoms with van der Waals surface area (Å²) < 4.78 is 4.40. The molecule has 14 heavy (non-hydrogen) atoms. The number of hydrogen-bond acceptors (Lipinski definition) is 4. The van der Waals surface area contributed by atoms with Crippen LogP contribution in [-0.2, 0) is 14.3 Å². The van der Waals surface area contributed by atoms with Gasteiger partial charge in [-0.1, -0.05) is 0 Å². The molecule has 0 radical (unpaired) electrons. The molecule has 0 heterocycles. The van der Waals surface area contributed by atoms with Gasteiger partial charge in [0.15, 0.2) is 0 Å². The van der Waals surface area contributed by atoms with E-state index in [0.29, 0.717) is 12.8 Å². The van der Waals surface area contributed by atoms with Gasteiger partial charge in [-0.2, -0.15) is 5.26 Å². The maximum atomic E-state index is 11.3. The predicted octanol–water partition coefficient (Wildman–Crippen LogP) is -0.0305. The monoisotopic (exact) mass is 196 g/mol. The molecule has 0 spiro atoms. The van der Waals surface area contributed by atoms with E-state index >= 15 is 0 Å². The standard InChI is InChI=1S/C9H12N2O3/c1-14-7(12)2-5-11-8(13)9(6-10)3-4-9/h2-5H2,1H3,(H,11,13). The summed E-state index contributed by atoms with van der Waals surface area (Å²) in [4.78, 5) is 22.0. The number of carbonyl (C=O) groups excluding carboxylic acids is 2. The van der Waals surface area contributed by atoms with Crippen LogP contribution in [0.4, 0.5) is 0 Å². The average molecular weight is 196 g/mol. The van der Waals surface area contributed by atoms with Gasteiger partial charge in [-0.15, -0.1) is 0 Å². The summed E-state index contributed by atoms with van der Waals surface area (Å²) in [6.07, 6.45) is 1.38. The summed E-state index contributed by atoms with van der Waals surface area (Å²) in [5.74, 6) is -0.643. The van der Waals surface area contributed by atoms with Crippen LogP contribution in [0, 0.1) is 16.7 Å². The van der Waals surface area contributed by atoms with E-state index in [9.17, 15) is 9.59 Å². The Hall–Kier alpha value is -1.57. The molecule has 0 atom stereocenters. The van der Waals surface area contributed by atoms with Gasteiger partial charge in [-0.25, -0.2) is 0 Å². The normalized spacial score (nSPS) is 16.6. The third-order valence-electron chi connectivity index (χ3n) is 2.24. The largest absolute Gasteiger partial charge is 0.469 e. The summed E-state index contributed by atoms with van der Waals surface area (Å²) in [6, 6.07) is 1.98. The van der Waals surface area contributed by atoms with E-state index in [1.165, 1.54) is 7.11 Å². The van der Waals surface area contributed by atoms with Crippen molar-refractivity contribution in [1.82, 2.24) is 5.32 Å². The molecule has 5 nitrogen and oxygen atoms in total. The lowest BCUT2D eigenvalue weighted by molar-refractivity contribution is -0.140. The molecule has 0 bridgehead atoms. The number of nitriles is 1. The van der Waals surface area contributed by atoms with E-state index in [1.54, 1.807) is 0 Å². The SMILES string of the molecule is COC(=O)CCNC(=O)C1(C#N)CC1. The molecule has 0 aromatic carbocycles. The molecule has 1 saturated carbocycles. The minimum atomic E-state index is -0.809. The maximum Gasteiger partial charge on any atom is 0.307 e. The third-order valence-corrected chi connectivity index (χ3v) is 2.24. The number of rotatable bonds is 4. The van der Waals surface area contributed by atoms with Crippen molar-refractivity contribution in [3.8, 4) is 6.07 Å². The molecule has 0 aromatic heterocycles. The second-order valence-corrected chi connectivity index (χ2v) is 3.28. The summed E-state index contributed by atoms with van der Waals surface area (Å²) in [7, 11) is 1.29. The van der Waals surface area contributed by atoms with Crippen LogP contribution >= 0.6 is 0 Å². The fraction of sp³-hybridized carbons (Fsp3) is 0.667. The summed E-state index contributed by atoms with van der Waals surface area (Å²) in [5.41, 5.74) is -0.809. The average Bonchev–Trinajstić information content (AvgIpc) is 2.98. The zero-order chi connectivity index (χ0) is 10.6. The van der Waals surface area contributed by atoms with E-state index < -0.39 is 5.41 Å². The van der Waals surface area contributed by atoms with Crippen LogP contribution in [-0.4, -0.2) is 25.5 Å². The highest BCUT2D eigenvalue weighted by Crippen LogP contribution is 2.44. The lowest BCUT2D eigenvalue weighted by Crippen LogP contribution is -2.32. The molecule has 0 unspecified atom stereocenters. The first-order valence-electron chi connectivity index (χ1n) is 4.41. The Kier molecular flexibility index (Phi) is 3.07. The van der Waals surface area contributed by atoms with Crippen LogP contribution in [0.25, 0.3) is 0 Å². The molecular weight excluding hydrogens is 184 g/mol. The highest BCUT2D eigenvalue weighted by Gasteiger charge is 2.50. The molecule has 1 aliphatic rings. The third kappa shape index (κ3) is 2.22. The van der Waals surface area contributed by atoms with Crippen molar-refractivity contribution < 1.29 is 14.3 Å². The van der Waals surface area contributed by atoms with Gasteiger partial charge < -0.3 is 10.1 Å². The van der Waals surface area contributed by atoms with E-state index in [0.717, 1.165) is 0 Å². The van der Waals surface area contributed by atoms with Crippen molar-refractivity contribution in [2.75, 3.05) is 13.7 Å². The van der Waals surface area contributed by atoms with Crippen molar-refractivity contribution in [2.24, 2.45) is 5.41 Å². The molecule has 1 N–H and O–H groups in total. The first-order valence-corrected chi connectivity index (χ1v) is 4.41. The Morgan fingerprint density at radius 3 is 2.64 bits per heavy atom. The zero-order valence-corrected chi connectivity index (χ0v) is 8.00. The van der Waals surface area contributed by atoms with Crippen LogP contribution < -0.4 is 5.32 Å². The number of hydrogen-bond donors (Lipinski definition) is 1. The molecule has 1 amide bonds. The quantitative estimate of drug-likeness (QED) is 0.640. The van der Waals surface area contributed by atoms with Crippen LogP contribution in [0.1, 0.15) is 19.3 Å². The molecule has 0 saturated heterocycles. The molecule has 1 aliphatic carbocycles. The first kappa shape index (κ1) is 10.5. The summed E-state index contributed by atoms with van der Waals surface area (Å²) in [5, 5.41) is 11.2. The van der Waals surface area contributed by atoms with E-state index in [1.807, 2.05) is 6.07 Å². The Labute approximate surface area is 82.0 Å². The van der Waals surface area contributed by atoms with Crippen LogP contribution in [0.5, 0.6) is 0 Å². The number of nitrogens with zero attached hydrogens (tertiary/aromatic N) is 1. The van der Waals surface area contributed by atoms with E-state index in [2.05, 4.69) is 10.1 Å². The highest BCUT2D eigenvalue weighted by molar-refractivity contribution is 5.88. The molecule has 0 aromatic rings. The summed E-state index contributed by atoms with van der Waals surface area (Å²) in [6.45, 7) is 0.231. The molecule has 1 rings (SSSR count). The van der Waals surface area contributed by atoms with Crippen molar-refractivity contribution >= 4 is 11.9 Å². The molecule has 1 fully saturated rings. The Bertz CT molecular complexity index is 289. The predicted molar refractivity (Wildman–Crippen MR) is 46.9 cm³/mol. The lowest BCUT2D eigenvalue weighted by atomic mass is 10.1. The van der Waals surface area contributed by atoms with Crippen LogP contribution in [0.15, 0.2) is 0 Å². The maximum absolute atomic E-state index is 11.3. The van der Waals surface area contributed by atoms with Gasteiger partial charge in [0.05, 0.1) is 19.6 Å². The Morgan fingerprint density at radius 2 is 2.21 bits per heavy atom. The van der Waals surface area contributed by atoms with Gasteiger partial charge >= 0.3 is 5.97 Å². The number of amides is 1. The fourth-order valence-corrected chi connectivity index (χ4v) is 1.06. The minimum absolute atomic E-state index is 0.143. The first-order chi connectivity index (χ1) is 6.64. The van der Waals surface area contributed by atoms with Crippen LogP contribution in [0.3, 0.4) is 0 Å². The van der Waals surface area contributed by atoms with Gasteiger partial charge in [0.1, 0.15) is 5.41 Å². The molecular formula is C9H12N2O3. The number of nitrogens with one attached hydrogen (secondary N) is 1. The fourth-order valence-electron chi connectivity index (χ4n) is 1.06. The van der Waals surface area contributed by atoms with Crippen molar-refractivity contribution in [3.63, 3.8) is 0 Å². The molecule has 76 valence electrons. The van der Waals surface area contributed by atoms with Gasteiger partial charge in [0.2, 0.25) is 5.91 Å². The van der Waals surface area contributed by atoms with Gasteiger partial charge in [0.25, 0.3) is 0 Å². The zero-order valence-electron chi connectivity index (χ0n) is 8.00. The van der Waals surface area contributed by atoms with Crippen molar-refractivity contribution in [3.05, 3.63) is 0 Å². The number of esters is 1. The molecule has 5 heteroatoms. The highest BCUT2D eigenvalue weighted by atomic mass is 16.5. The number of methoxy groups -OCH3 is 1. The summed E-state index contributed by atoms with van der Waals surface area (Å²) >= 11 is 0. The van der Waals surface area contributed by atoms with Crippen molar-refractivity contribution in [1.29, 1.82) is 5.26 Å². The topological polar surface area (TPSA) is 79.2 Å². The Balaban J connectivity index is 2.23. The van der Waals surface area contributed by atoms with Gasteiger partial charge in [-0.3, -0.25) is 9.59 Å². The Morgan fingerprint density at radius 1 is 1.57 bits per heavy atom. The lowest BCUT2D eigenvalue weighted by Gasteiger charge is -2.06. The number of carbonyl (C=O) groups is 2. The van der Waals surface area contributed by atoms with E-state index in [-0.39, 0.29) is 24.8 Å². The van der Waals surface area contributed by atoms with E-state index in [4.69, 9.17) is 5.26 Å². The minimum Gasteiger partial charge on any atom is -0.469 e.